The van der Waals surface area contributed by atoms with Crippen molar-refractivity contribution >= 4 is 22.4 Å². The third-order valence-electron chi connectivity index (χ3n) is 3.02. The summed E-state index contributed by atoms with van der Waals surface area (Å²) in [5.74, 6) is 0.181. The molecule has 2 heterocycles. The van der Waals surface area contributed by atoms with Gasteiger partial charge in [0.25, 0.3) is 0 Å². The maximum absolute atomic E-state index is 11.8. The highest BCUT2D eigenvalue weighted by molar-refractivity contribution is 7.10. The average Bonchev–Trinajstić information content (AvgIpc) is 2.69. The number of amides is 1. The van der Waals surface area contributed by atoms with E-state index in [0.29, 0.717) is 13.1 Å². The van der Waals surface area contributed by atoms with Gasteiger partial charge >= 0.3 is 0 Å². The summed E-state index contributed by atoms with van der Waals surface area (Å²) < 4.78 is 3.97. The van der Waals surface area contributed by atoms with Crippen LogP contribution in [0.5, 0.6) is 0 Å². The number of rotatable bonds is 4. The molecule has 7 heteroatoms. The van der Waals surface area contributed by atoms with Crippen LogP contribution in [0.2, 0.25) is 0 Å². The Balaban J connectivity index is 1.99. The standard InChI is InChI=1S/C11H19N5OS/c1-3-12-11-9(13-14-18-11)7-16-6-4-5-15(2)10(17)8-16/h12H,3-8H2,1-2H3. The Bertz CT molecular complexity index is 408. The Morgan fingerprint density at radius 1 is 1.44 bits per heavy atom. The number of aromatic nitrogens is 2. The van der Waals surface area contributed by atoms with Crippen molar-refractivity contribution in [2.45, 2.75) is 19.9 Å². The van der Waals surface area contributed by atoms with E-state index in [4.69, 9.17) is 0 Å². The van der Waals surface area contributed by atoms with Gasteiger partial charge in [0.15, 0.2) is 0 Å². The Morgan fingerprint density at radius 2 is 2.28 bits per heavy atom. The van der Waals surface area contributed by atoms with E-state index in [1.54, 1.807) is 4.90 Å². The third-order valence-corrected chi connectivity index (χ3v) is 3.74. The van der Waals surface area contributed by atoms with Crippen LogP contribution in [0, 0.1) is 0 Å². The SMILES string of the molecule is CCNc1snnc1CN1CCCN(C)C(=O)C1. The predicted molar refractivity (Wildman–Crippen MR) is 71.6 cm³/mol. The van der Waals surface area contributed by atoms with Crippen molar-refractivity contribution in [2.24, 2.45) is 0 Å². The van der Waals surface area contributed by atoms with Crippen molar-refractivity contribution < 1.29 is 4.79 Å². The van der Waals surface area contributed by atoms with Gasteiger partial charge in [0.05, 0.1) is 6.54 Å². The average molecular weight is 269 g/mol. The maximum Gasteiger partial charge on any atom is 0.236 e. The number of anilines is 1. The highest BCUT2D eigenvalue weighted by Crippen LogP contribution is 2.19. The van der Waals surface area contributed by atoms with Crippen LogP contribution < -0.4 is 5.32 Å². The molecule has 1 aliphatic heterocycles. The minimum Gasteiger partial charge on any atom is -0.374 e. The van der Waals surface area contributed by atoms with Crippen LogP contribution in [-0.4, -0.2) is 58.5 Å². The second-order valence-corrected chi connectivity index (χ2v) is 5.21. The van der Waals surface area contributed by atoms with Gasteiger partial charge in [-0.1, -0.05) is 4.49 Å². The fourth-order valence-corrected chi connectivity index (χ4v) is 2.64. The molecule has 1 saturated heterocycles. The van der Waals surface area contributed by atoms with E-state index in [1.165, 1.54) is 11.5 Å². The van der Waals surface area contributed by atoms with Gasteiger partial charge in [-0.05, 0) is 13.3 Å². The molecule has 1 aromatic rings. The van der Waals surface area contributed by atoms with Gasteiger partial charge in [0.1, 0.15) is 10.7 Å². The van der Waals surface area contributed by atoms with Crippen LogP contribution >= 0.6 is 11.5 Å². The maximum atomic E-state index is 11.8. The topological polar surface area (TPSA) is 61.4 Å². The van der Waals surface area contributed by atoms with Gasteiger partial charge in [-0.25, -0.2) is 0 Å². The molecule has 0 bridgehead atoms. The number of hydrogen-bond donors (Lipinski definition) is 1. The second-order valence-electron chi connectivity index (χ2n) is 4.46. The van der Waals surface area contributed by atoms with Gasteiger partial charge in [-0.3, -0.25) is 9.69 Å². The van der Waals surface area contributed by atoms with Crippen molar-refractivity contribution in [1.29, 1.82) is 0 Å². The van der Waals surface area contributed by atoms with Gasteiger partial charge in [-0.15, -0.1) is 5.10 Å². The summed E-state index contributed by atoms with van der Waals surface area (Å²) in [5, 5.41) is 8.41. The summed E-state index contributed by atoms with van der Waals surface area (Å²) in [5.41, 5.74) is 0.944. The normalized spacial score (nSPS) is 17.9. The van der Waals surface area contributed by atoms with E-state index in [9.17, 15) is 4.79 Å². The number of nitrogens with one attached hydrogen (secondary N) is 1. The molecule has 0 saturated carbocycles. The second kappa shape index (κ2) is 6.10. The first kappa shape index (κ1) is 13.2. The predicted octanol–water partition coefficient (Wildman–Crippen LogP) is 0.634. The first-order valence-corrected chi connectivity index (χ1v) is 6.99. The van der Waals surface area contributed by atoms with Gasteiger partial charge < -0.3 is 10.2 Å². The van der Waals surface area contributed by atoms with E-state index in [0.717, 1.165) is 36.8 Å². The monoisotopic (exact) mass is 269 g/mol. The van der Waals surface area contributed by atoms with E-state index in [-0.39, 0.29) is 5.91 Å². The lowest BCUT2D eigenvalue weighted by Gasteiger charge is -2.18. The minimum atomic E-state index is 0.181. The summed E-state index contributed by atoms with van der Waals surface area (Å²) in [6, 6.07) is 0. The fourth-order valence-electron chi connectivity index (χ4n) is 2.00. The van der Waals surface area contributed by atoms with E-state index in [2.05, 4.69) is 19.8 Å². The third kappa shape index (κ3) is 3.17. The Labute approximate surface area is 111 Å². The molecule has 1 N–H and O–H groups in total. The lowest BCUT2D eigenvalue weighted by molar-refractivity contribution is -0.130. The molecule has 0 aliphatic carbocycles. The van der Waals surface area contributed by atoms with Crippen LogP contribution in [0.15, 0.2) is 0 Å². The molecule has 1 aliphatic rings. The van der Waals surface area contributed by atoms with Gasteiger partial charge in [0, 0.05) is 44.8 Å². The lowest BCUT2D eigenvalue weighted by Crippen LogP contribution is -2.34. The van der Waals surface area contributed by atoms with Crippen LogP contribution in [0.3, 0.4) is 0 Å². The first-order chi connectivity index (χ1) is 8.70. The number of likely N-dealkylation sites (N-methyl/N-ethyl adjacent to an activating group) is 1. The number of hydrogen-bond acceptors (Lipinski definition) is 6. The molecule has 0 radical (unpaired) electrons. The Hall–Kier alpha value is -1.21. The number of carbonyl (C=O) groups is 1. The zero-order chi connectivity index (χ0) is 13.0. The Kier molecular flexibility index (Phi) is 4.48. The molecule has 0 aromatic carbocycles. The minimum absolute atomic E-state index is 0.181. The number of carbonyl (C=O) groups excluding carboxylic acids is 1. The molecule has 2 rings (SSSR count). The quantitative estimate of drug-likeness (QED) is 0.869. The summed E-state index contributed by atoms with van der Waals surface area (Å²) >= 11 is 1.38. The summed E-state index contributed by atoms with van der Waals surface area (Å²) in [6.07, 6.45) is 1.01. The van der Waals surface area contributed by atoms with Crippen LogP contribution in [-0.2, 0) is 11.3 Å². The molecule has 6 nitrogen and oxygen atoms in total. The lowest BCUT2D eigenvalue weighted by atomic mass is 10.3. The first-order valence-electron chi connectivity index (χ1n) is 6.22. The molecule has 1 amide bonds. The molecule has 1 aromatic heterocycles. The summed E-state index contributed by atoms with van der Waals surface area (Å²) in [7, 11) is 1.86. The molecule has 0 atom stereocenters. The Morgan fingerprint density at radius 3 is 3.06 bits per heavy atom. The van der Waals surface area contributed by atoms with Crippen molar-refractivity contribution in [1.82, 2.24) is 19.4 Å². The smallest absolute Gasteiger partial charge is 0.236 e. The summed E-state index contributed by atoms with van der Waals surface area (Å²) in [4.78, 5) is 15.7. The zero-order valence-corrected chi connectivity index (χ0v) is 11.7. The molecule has 0 unspecified atom stereocenters. The van der Waals surface area contributed by atoms with E-state index >= 15 is 0 Å². The van der Waals surface area contributed by atoms with Crippen LogP contribution in [0.4, 0.5) is 5.00 Å². The molecular weight excluding hydrogens is 250 g/mol. The van der Waals surface area contributed by atoms with Crippen LogP contribution in [0.25, 0.3) is 0 Å². The fraction of sp³-hybridized carbons (Fsp3) is 0.727. The largest absolute Gasteiger partial charge is 0.374 e. The molecule has 18 heavy (non-hydrogen) atoms. The molecule has 1 fully saturated rings. The van der Waals surface area contributed by atoms with E-state index < -0.39 is 0 Å². The van der Waals surface area contributed by atoms with Crippen LogP contribution in [0.1, 0.15) is 19.0 Å². The van der Waals surface area contributed by atoms with Crippen molar-refractivity contribution in [3.8, 4) is 0 Å². The molecular formula is C11H19N5OS. The van der Waals surface area contributed by atoms with E-state index in [1.807, 2.05) is 14.0 Å². The van der Waals surface area contributed by atoms with Crippen molar-refractivity contribution in [2.75, 3.05) is 38.5 Å². The highest BCUT2D eigenvalue weighted by atomic mass is 32.1. The zero-order valence-electron chi connectivity index (χ0n) is 10.8. The van der Waals surface area contributed by atoms with Gasteiger partial charge in [-0.2, -0.15) is 0 Å². The molecule has 0 spiro atoms. The van der Waals surface area contributed by atoms with Gasteiger partial charge in [0.2, 0.25) is 5.91 Å². The van der Waals surface area contributed by atoms with Crippen molar-refractivity contribution in [3.05, 3.63) is 5.69 Å². The molecule has 100 valence electrons. The number of nitrogens with zero attached hydrogens (tertiary/aromatic N) is 4. The summed E-state index contributed by atoms with van der Waals surface area (Å²) in [6.45, 7) is 5.84. The van der Waals surface area contributed by atoms with Crippen molar-refractivity contribution in [3.63, 3.8) is 0 Å². The highest BCUT2D eigenvalue weighted by Gasteiger charge is 2.20.